The molecule has 25 heavy (non-hydrogen) atoms. The molecule has 0 aromatic rings. The molecule has 2 fully saturated rings. The molecule has 1 unspecified atom stereocenters. The molecule has 2 heterocycles. The maximum absolute atomic E-state index is 12.2. The van der Waals surface area contributed by atoms with Crippen LogP contribution >= 0.6 is 11.8 Å². The van der Waals surface area contributed by atoms with Crippen molar-refractivity contribution in [1.82, 2.24) is 16.0 Å². The summed E-state index contributed by atoms with van der Waals surface area (Å²) in [5, 5.41) is 18.3. The van der Waals surface area contributed by atoms with Gasteiger partial charge in [0, 0.05) is 23.0 Å². The number of aliphatic carboxylic acids is 1. The van der Waals surface area contributed by atoms with E-state index in [4.69, 9.17) is 5.11 Å². The average molecular weight is 372 g/mol. The predicted molar refractivity (Wildman–Crippen MR) is 97.6 cm³/mol. The highest BCUT2D eigenvalue weighted by atomic mass is 32.2. The van der Waals surface area contributed by atoms with Gasteiger partial charge in [-0.15, -0.1) is 0 Å². The number of unbranched alkanes of at least 4 members (excludes halogenated alkanes) is 1. The standard InChI is InChI=1S/C17H29N3O4S/c1-10(2)17(3,8-14(22)23)20-13(21)7-5-4-6-12-15-11(9-25-12)18-16(24)19-15/h10-12,15H,4-9H2,1-3H3,(H,20,21)(H,22,23)(H2,18,19,24)/t11-,12-,15-,17?/m0/s1. The number of carboxylic acids is 1. The normalized spacial score (nSPS) is 27.4. The van der Waals surface area contributed by atoms with Crippen molar-refractivity contribution in [1.29, 1.82) is 0 Å². The summed E-state index contributed by atoms with van der Waals surface area (Å²) in [5.41, 5.74) is -0.725. The molecule has 0 bridgehead atoms. The average Bonchev–Trinajstić information content (AvgIpc) is 3.02. The predicted octanol–water partition coefficient (Wildman–Crippen LogP) is 1.72. The number of hydrogen-bond acceptors (Lipinski definition) is 4. The molecule has 0 aromatic carbocycles. The van der Waals surface area contributed by atoms with E-state index in [-0.39, 0.29) is 36.4 Å². The number of carbonyl (C=O) groups excluding carboxylic acids is 2. The van der Waals surface area contributed by atoms with Gasteiger partial charge in [0.15, 0.2) is 0 Å². The van der Waals surface area contributed by atoms with E-state index < -0.39 is 11.5 Å². The Kier molecular flexibility index (Phi) is 6.59. The molecule has 4 N–H and O–H groups in total. The zero-order valence-electron chi connectivity index (χ0n) is 15.1. The SMILES string of the molecule is CC(C)C(C)(CC(=O)O)NC(=O)CCCC[C@@H]1SC[C@@H]2NC(=O)N[C@@H]21. The smallest absolute Gasteiger partial charge is 0.315 e. The highest BCUT2D eigenvalue weighted by molar-refractivity contribution is 8.00. The lowest BCUT2D eigenvalue weighted by atomic mass is 9.85. The third kappa shape index (κ3) is 5.26. The summed E-state index contributed by atoms with van der Waals surface area (Å²) in [6.07, 6.45) is 2.98. The van der Waals surface area contributed by atoms with Crippen molar-refractivity contribution in [3.8, 4) is 0 Å². The second kappa shape index (κ2) is 8.29. The van der Waals surface area contributed by atoms with Gasteiger partial charge in [-0.1, -0.05) is 20.3 Å². The Hall–Kier alpha value is -1.44. The third-order valence-electron chi connectivity index (χ3n) is 5.30. The van der Waals surface area contributed by atoms with Crippen molar-refractivity contribution >= 4 is 29.7 Å². The molecule has 2 aliphatic rings. The summed E-state index contributed by atoms with van der Waals surface area (Å²) in [6.45, 7) is 5.62. The fourth-order valence-electron chi connectivity index (χ4n) is 3.36. The molecule has 2 aliphatic heterocycles. The van der Waals surface area contributed by atoms with Crippen LogP contribution in [0.2, 0.25) is 0 Å². The lowest BCUT2D eigenvalue weighted by molar-refractivity contribution is -0.139. The molecular weight excluding hydrogens is 342 g/mol. The zero-order chi connectivity index (χ0) is 18.6. The summed E-state index contributed by atoms with van der Waals surface area (Å²) in [7, 11) is 0. The van der Waals surface area contributed by atoms with Crippen molar-refractivity contribution in [2.24, 2.45) is 5.92 Å². The monoisotopic (exact) mass is 371 g/mol. The number of thioether (sulfide) groups is 1. The van der Waals surface area contributed by atoms with Crippen LogP contribution in [-0.4, -0.2) is 51.6 Å². The van der Waals surface area contributed by atoms with Crippen molar-refractivity contribution in [2.75, 3.05) is 5.75 Å². The van der Waals surface area contributed by atoms with Crippen LogP contribution in [0.15, 0.2) is 0 Å². The lowest BCUT2D eigenvalue weighted by Crippen LogP contribution is -2.51. The van der Waals surface area contributed by atoms with Crippen LogP contribution in [0.25, 0.3) is 0 Å². The molecular formula is C17H29N3O4S. The first kappa shape index (κ1) is 19.9. The van der Waals surface area contributed by atoms with E-state index in [1.54, 1.807) is 6.92 Å². The quantitative estimate of drug-likeness (QED) is 0.365. The highest BCUT2D eigenvalue weighted by Gasteiger charge is 2.42. The van der Waals surface area contributed by atoms with E-state index in [1.165, 1.54) is 0 Å². The third-order valence-corrected chi connectivity index (χ3v) is 6.81. The lowest BCUT2D eigenvalue weighted by Gasteiger charge is -2.33. The molecule has 0 aliphatic carbocycles. The number of amides is 3. The first-order chi connectivity index (χ1) is 11.7. The molecule has 8 heteroatoms. The summed E-state index contributed by atoms with van der Waals surface area (Å²) in [5.74, 6) is -0.0177. The van der Waals surface area contributed by atoms with E-state index in [9.17, 15) is 14.4 Å². The molecule has 0 radical (unpaired) electrons. The fourth-order valence-corrected chi connectivity index (χ4v) is 4.91. The van der Waals surface area contributed by atoms with Crippen LogP contribution in [-0.2, 0) is 9.59 Å². The number of urea groups is 1. The number of nitrogens with one attached hydrogen (secondary N) is 3. The topological polar surface area (TPSA) is 108 Å². The minimum Gasteiger partial charge on any atom is -0.481 e. The molecule has 0 aromatic heterocycles. The van der Waals surface area contributed by atoms with Crippen LogP contribution in [0.5, 0.6) is 0 Å². The van der Waals surface area contributed by atoms with E-state index >= 15 is 0 Å². The van der Waals surface area contributed by atoms with Crippen molar-refractivity contribution < 1.29 is 19.5 Å². The van der Waals surface area contributed by atoms with Gasteiger partial charge in [0.1, 0.15) is 0 Å². The Bertz CT molecular complexity index is 528. The van der Waals surface area contributed by atoms with Gasteiger partial charge in [-0.2, -0.15) is 11.8 Å². The van der Waals surface area contributed by atoms with E-state index in [0.717, 1.165) is 25.0 Å². The van der Waals surface area contributed by atoms with Crippen LogP contribution in [0.1, 0.15) is 52.9 Å². The van der Waals surface area contributed by atoms with Gasteiger partial charge >= 0.3 is 12.0 Å². The first-order valence-electron chi connectivity index (χ1n) is 8.92. The largest absolute Gasteiger partial charge is 0.481 e. The Morgan fingerprint density at radius 3 is 2.72 bits per heavy atom. The summed E-state index contributed by atoms with van der Waals surface area (Å²) < 4.78 is 0. The second-order valence-electron chi connectivity index (χ2n) is 7.56. The highest BCUT2D eigenvalue weighted by Crippen LogP contribution is 2.33. The molecule has 4 atom stereocenters. The Morgan fingerprint density at radius 1 is 1.36 bits per heavy atom. The molecule has 0 spiro atoms. The Balaban J connectivity index is 1.70. The first-order valence-corrected chi connectivity index (χ1v) is 9.97. The summed E-state index contributed by atoms with van der Waals surface area (Å²) in [4.78, 5) is 34.6. The van der Waals surface area contributed by atoms with Gasteiger partial charge in [0.2, 0.25) is 5.91 Å². The van der Waals surface area contributed by atoms with Crippen molar-refractivity contribution in [2.45, 2.75) is 75.7 Å². The number of carbonyl (C=O) groups is 3. The Morgan fingerprint density at radius 2 is 2.08 bits per heavy atom. The molecule has 7 nitrogen and oxygen atoms in total. The van der Waals surface area contributed by atoms with Crippen molar-refractivity contribution in [3.63, 3.8) is 0 Å². The van der Waals surface area contributed by atoms with E-state index in [0.29, 0.717) is 11.7 Å². The molecule has 3 amide bonds. The summed E-state index contributed by atoms with van der Waals surface area (Å²) >= 11 is 1.87. The molecule has 2 saturated heterocycles. The molecule has 2 rings (SSSR count). The second-order valence-corrected chi connectivity index (χ2v) is 8.83. The fraction of sp³-hybridized carbons (Fsp3) is 0.824. The van der Waals surface area contributed by atoms with Crippen LogP contribution in [0.4, 0.5) is 4.79 Å². The van der Waals surface area contributed by atoms with Gasteiger partial charge < -0.3 is 21.1 Å². The van der Waals surface area contributed by atoms with Gasteiger partial charge in [0.25, 0.3) is 0 Å². The number of carboxylic acid groups (broad SMARTS) is 1. The van der Waals surface area contributed by atoms with Gasteiger partial charge in [-0.05, 0) is 25.7 Å². The maximum atomic E-state index is 12.2. The maximum Gasteiger partial charge on any atom is 0.315 e. The number of rotatable bonds is 9. The van der Waals surface area contributed by atoms with Crippen LogP contribution in [0, 0.1) is 5.92 Å². The van der Waals surface area contributed by atoms with Gasteiger partial charge in [-0.3, -0.25) is 9.59 Å². The molecule has 142 valence electrons. The van der Waals surface area contributed by atoms with Crippen molar-refractivity contribution in [3.05, 3.63) is 0 Å². The van der Waals surface area contributed by atoms with Crippen LogP contribution < -0.4 is 16.0 Å². The van der Waals surface area contributed by atoms with E-state index in [2.05, 4.69) is 16.0 Å². The number of hydrogen-bond donors (Lipinski definition) is 4. The number of fused-ring (bicyclic) bond motifs is 1. The minimum atomic E-state index is -0.906. The van der Waals surface area contributed by atoms with E-state index in [1.807, 2.05) is 25.6 Å². The Labute approximate surface area is 153 Å². The zero-order valence-corrected chi connectivity index (χ0v) is 15.9. The molecule has 0 saturated carbocycles. The van der Waals surface area contributed by atoms with Gasteiger partial charge in [-0.25, -0.2) is 4.79 Å². The van der Waals surface area contributed by atoms with Gasteiger partial charge in [0.05, 0.1) is 18.5 Å². The van der Waals surface area contributed by atoms with Crippen LogP contribution in [0.3, 0.4) is 0 Å². The summed E-state index contributed by atoms with van der Waals surface area (Å²) in [6, 6.07) is 0.353. The minimum absolute atomic E-state index is 0.0397.